The summed E-state index contributed by atoms with van der Waals surface area (Å²) in [6.07, 6.45) is 12.3. The van der Waals surface area contributed by atoms with Crippen molar-refractivity contribution in [3.63, 3.8) is 0 Å². The summed E-state index contributed by atoms with van der Waals surface area (Å²) < 4.78 is 0. The maximum absolute atomic E-state index is 2.45. The van der Waals surface area contributed by atoms with Crippen LogP contribution in [-0.2, 0) is 0 Å². The molecule has 0 nitrogen and oxygen atoms in total. The lowest BCUT2D eigenvalue weighted by atomic mass is 9.85. The first-order valence-electron chi connectivity index (χ1n) is 11.3. The largest absolute Gasteiger partial charge is 0.0776 e. The Morgan fingerprint density at radius 2 is 1.10 bits per heavy atom. The fourth-order valence-corrected chi connectivity index (χ4v) is 4.29. The molecule has 0 radical (unpaired) electrons. The van der Waals surface area contributed by atoms with Crippen LogP contribution in [0.4, 0.5) is 0 Å². The molecule has 0 N–H and O–H groups in total. The Balaban J connectivity index is 0.00000392. The van der Waals surface area contributed by atoms with Gasteiger partial charge in [-0.25, -0.2) is 0 Å². The van der Waals surface area contributed by atoms with Crippen molar-refractivity contribution in [1.82, 2.24) is 0 Å². The SMILES string of the molecule is C.C.CCC(CC(C)CCCCCCCC(C)c1ccccc1)c1ccccc1. The van der Waals surface area contributed by atoms with Gasteiger partial charge < -0.3 is 0 Å². The van der Waals surface area contributed by atoms with Crippen LogP contribution in [-0.4, -0.2) is 0 Å². The molecule has 0 aromatic heterocycles. The Hall–Kier alpha value is -1.56. The first-order chi connectivity index (χ1) is 13.2. The predicted octanol–water partition coefficient (Wildman–Crippen LogP) is 10.0. The molecule has 0 aliphatic heterocycles. The van der Waals surface area contributed by atoms with E-state index in [1.165, 1.54) is 68.9 Å². The standard InChI is InChI=1S/C27H40.2CH4/c1-4-25(27-20-14-9-15-21-27)22-23(2)16-10-6-5-7-11-17-24(3)26-18-12-8-13-19-26;;/h8-9,12-15,18-21,23-25H,4-7,10-11,16-17,22H2,1-3H3;2*1H4. The summed E-state index contributed by atoms with van der Waals surface area (Å²) in [5.41, 5.74) is 3.02. The van der Waals surface area contributed by atoms with Crippen LogP contribution in [0, 0.1) is 5.92 Å². The molecule has 0 saturated heterocycles. The molecular weight excluding hydrogens is 348 g/mol. The van der Waals surface area contributed by atoms with E-state index in [1.54, 1.807) is 0 Å². The average molecular weight is 397 g/mol. The van der Waals surface area contributed by atoms with Crippen LogP contribution in [0.2, 0.25) is 0 Å². The summed E-state index contributed by atoms with van der Waals surface area (Å²) in [5.74, 6) is 2.28. The fraction of sp³-hybridized carbons (Fsp3) is 0.586. The third-order valence-corrected chi connectivity index (χ3v) is 6.15. The first kappa shape index (κ1) is 27.4. The number of hydrogen-bond donors (Lipinski definition) is 0. The predicted molar refractivity (Wildman–Crippen MR) is 134 cm³/mol. The molecule has 0 amide bonds. The van der Waals surface area contributed by atoms with Gasteiger partial charge >= 0.3 is 0 Å². The van der Waals surface area contributed by atoms with Gasteiger partial charge in [0.05, 0.1) is 0 Å². The van der Waals surface area contributed by atoms with Crippen LogP contribution in [0.5, 0.6) is 0 Å². The lowest BCUT2D eigenvalue weighted by Gasteiger charge is -2.20. The van der Waals surface area contributed by atoms with Crippen molar-refractivity contribution in [3.05, 3.63) is 71.8 Å². The normalized spacial score (nSPS) is 13.6. The Bertz CT molecular complexity index is 586. The lowest BCUT2D eigenvalue weighted by molar-refractivity contribution is 0.411. The molecule has 2 rings (SSSR count). The smallest absolute Gasteiger partial charge is 0.0162 e. The van der Waals surface area contributed by atoms with E-state index in [0.29, 0.717) is 5.92 Å². The van der Waals surface area contributed by atoms with Gasteiger partial charge in [0.25, 0.3) is 0 Å². The van der Waals surface area contributed by atoms with E-state index in [0.717, 1.165) is 11.8 Å². The zero-order chi connectivity index (χ0) is 19.3. The second kappa shape index (κ2) is 16.3. The third-order valence-electron chi connectivity index (χ3n) is 6.15. The fourth-order valence-electron chi connectivity index (χ4n) is 4.29. The molecule has 3 unspecified atom stereocenters. The zero-order valence-corrected chi connectivity index (χ0v) is 17.9. The van der Waals surface area contributed by atoms with E-state index in [2.05, 4.69) is 81.4 Å². The molecule has 29 heavy (non-hydrogen) atoms. The molecule has 164 valence electrons. The topological polar surface area (TPSA) is 0 Å². The molecule has 0 heteroatoms. The molecule has 0 saturated carbocycles. The van der Waals surface area contributed by atoms with Crippen molar-refractivity contribution in [2.45, 2.75) is 105 Å². The van der Waals surface area contributed by atoms with Gasteiger partial charge in [0, 0.05) is 0 Å². The van der Waals surface area contributed by atoms with Crippen molar-refractivity contribution in [2.75, 3.05) is 0 Å². The molecule has 0 heterocycles. The van der Waals surface area contributed by atoms with E-state index in [-0.39, 0.29) is 14.9 Å². The van der Waals surface area contributed by atoms with Crippen molar-refractivity contribution < 1.29 is 0 Å². The van der Waals surface area contributed by atoms with Gasteiger partial charge in [-0.05, 0) is 48.1 Å². The second-order valence-corrected chi connectivity index (χ2v) is 8.51. The Labute approximate surface area is 183 Å². The van der Waals surface area contributed by atoms with E-state index < -0.39 is 0 Å². The summed E-state index contributed by atoms with van der Waals surface area (Å²) in [6.45, 7) is 7.15. The molecule has 2 aromatic rings. The molecule has 0 aliphatic carbocycles. The van der Waals surface area contributed by atoms with Crippen LogP contribution in [0.3, 0.4) is 0 Å². The minimum absolute atomic E-state index is 0. The number of hydrogen-bond acceptors (Lipinski definition) is 0. The van der Waals surface area contributed by atoms with Gasteiger partial charge in [0.2, 0.25) is 0 Å². The highest BCUT2D eigenvalue weighted by molar-refractivity contribution is 5.19. The average Bonchev–Trinajstić information content (AvgIpc) is 2.72. The molecule has 0 bridgehead atoms. The summed E-state index contributed by atoms with van der Waals surface area (Å²) in [4.78, 5) is 0. The van der Waals surface area contributed by atoms with Crippen LogP contribution >= 0.6 is 0 Å². The molecular formula is C29H48. The number of rotatable bonds is 13. The van der Waals surface area contributed by atoms with Crippen LogP contribution in [0.1, 0.15) is 116 Å². The number of benzene rings is 2. The van der Waals surface area contributed by atoms with Crippen molar-refractivity contribution >= 4 is 0 Å². The maximum Gasteiger partial charge on any atom is -0.0162 e. The van der Waals surface area contributed by atoms with Gasteiger partial charge in [-0.1, -0.05) is 135 Å². The minimum Gasteiger partial charge on any atom is -0.0776 e. The quantitative estimate of drug-likeness (QED) is 0.295. The number of unbranched alkanes of at least 4 members (excludes halogenated alkanes) is 4. The lowest BCUT2D eigenvalue weighted by Crippen LogP contribution is -2.04. The highest BCUT2D eigenvalue weighted by Crippen LogP contribution is 2.29. The summed E-state index contributed by atoms with van der Waals surface area (Å²) in [7, 11) is 0. The molecule has 0 fully saturated rings. The van der Waals surface area contributed by atoms with Crippen molar-refractivity contribution in [1.29, 1.82) is 0 Å². The maximum atomic E-state index is 2.45. The van der Waals surface area contributed by atoms with Gasteiger partial charge in [-0.3, -0.25) is 0 Å². The van der Waals surface area contributed by atoms with Gasteiger partial charge in [0.15, 0.2) is 0 Å². The summed E-state index contributed by atoms with van der Waals surface area (Å²) >= 11 is 0. The highest BCUT2D eigenvalue weighted by atomic mass is 14.2. The Morgan fingerprint density at radius 1 is 0.621 bits per heavy atom. The van der Waals surface area contributed by atoms with Gasteiger partial charge in [-0.2, -0.15) is 0 Å². The molecule has 0 spiro atoms. The zero-order valence-electron chi connectivity index (χ0n) is 17.9. The van der Waals surface area contributed by atoms with Crippen LogP contribution in [0.15, 0.2) is 60.7 Å². The highest BCUT2D eigenvalue weighted by Gasteiger charge is 2.13. The third kappa shape index (κ3) is 10.7. The minimum atomic E-state index is 0. The first-order valence-corrected chi connectivity index (χ1v) is 11.3. The van der Waals surface area contributed by atoms with E-state index in [4.69, 9.17) is 0 Å². The van der Waals surface area contributed by atoms with E-state index >= 15 is 0 Å². The molecule has 2 aromatic carbocycles. The molecule has 3 atom stereocenters. The molecule has 0 aliphatic rings. The summed E-state index contributed by atoms with van der Waals surface area (Å²) in [5, 5.41) is 0. The Morgan fingerprint density at radius 3 is 1.66 bits per heavy atom. The van der Waals surface area contributed by atoms with Gasteiger partial charge in [-0.15, -0.1) is 0 Å². The van der Waals surface area contributed by atoms with Crippen molar-refractivity contribution in [3.8, 4) is 0 Å². The Kier molecular flexibility index (Phi) is 15.4. The monoisotopic (exact) mass is 396 g/mol. The summed E-state index contributed by atoms with van der Waals surface area (Å²) in [6, 6.07) is 22.1. The van der Waals surface area contributed by atoms with Gasteiger partial charge in [0.1, 0.15) is 0 Å². The van der Waals surface area contributed by atoms with Crippen molar-refractivity contribution in [2.24, 2.45) is 5.92 Å². The van der Waals surface area contributed by atoms with E-state index in [1.807, 2.05) is 0 Å². The van der Waals surface area contributed by atoms with Crippen LogP contribution < -0.4 is 0 Å². The van der Waals surface area contributed by atoms with E-state index in [9.17, 15) is 0 Å². The van der Waals surface area contributed by atoms with Crippen LogP contribution in [0.25, 0.3) is 0 Å². The second-order valence-electron chi connectivity index (χ2n) is 8.51.